The molecular weight excluding hydrogens is 284 g/mol. The van der Waals surface area contributed by atoms with E-state index in [4.69, 9.17) is 26.2 Å². The summed E-state index contributed by atoms with van der Waals surface area (Å²) < 4.78 is 32.8. The molecule has 19 heavy (non-hydrogen) atoms. The molecule has 1 rings (SSSR count). The summed E-state index contributed by atoms with van der Waals surface area (Å²) in [5, 5.41) is 0.808. The maximum Gasteiger partial charge on any atom is 0.671 e. The topological polar surface area (TPSA) is 55.4 Å². The molecule has 0 fully saturated rings. The first-order valence-corrected chi connectivity index (χ1v) is 8.99. The van der Waals surface area contributed by atoms with E-state index in [1.807, 2.05) is 30.3 Å². The van der Waals surface area contributed by atoms with Crippen LogP contribution in [0.25, 0.3) is 0 Å². The highest BCUT2D eigenvalue weighted by Gasteiger charge is 2.55. The molecular formula is C11H20O6Si2. The van der Waals surface area contributed by atoms with Crippen molar-refractivity contribution in [1.82, 2.24) is 0 Å². The van der Waals surface area contributed by atoms with E-state index in [0.29, 0.717) is 0 Å². The van der Waals surface area contributed by atoms with Gasteiger partial charge in [-0.05, 0) is 0 Å². The van der Waals surface area contributed by atoms with Crippen molar-refractivity contribution in [3.8, 4) is 0 Å². The predicted octanol–water partition coefficient (Wildman–Crippen LogP) is 0.517. The highest BCUT2D eigenvalue weighted by Crippen LogP contribution is 2.18. The molecule has 0 heterocycles. The Balaban J connectivity index is 3.13. The SMILES string of the molecule is CO[Si](OC)(OC)O[Si](OC)(OC)c1ccccc1. The van der Waals surface area contributed by atoms with Crippen molar-refractivity contribution in [1.29, 1.82) is 0 Å². The molecule has 0 aliphatic rings. The first-order chi connectivity index (χ1) is 9.12. The van der Waals surface area contributed by atoms with Crippen LogP contribution in [0.3, 0.4) is 0 Å². The molecule has 0 aliphatic carbocycles. The summed E-state index contributed by atoms with van der Waals surface area (Å²) in [6.45, 7) is 0. The molecule has 0 amide bonds. The number of rotatable bonds is 8. The fourth-order valence-corrected chi connectivity index (χ4v) is 6.84. The summed E-state index contributed by atoms with van der Waals surface area (Å²) >= 11 is 0. The molecule has 0 saturated heterocycles. The van der Waals surface area contributed by atoms with Gasteiger partial charge in [0.2, 0.25) is 0 Å². The van der Waals surface area contributed by atoms with Gasteiger partial charge in [0, 0.05) is 40.7 Å². The third kappa shape index (κ3) is 3.49. The number of benzene rings is 1. The fraction of sp³-hybridized carbons (Fsp3) is 0.455. The van der Waals surface area contributed by atoms with E-state index >= 15 is 0 Å². The summed E-state index contributed by atoms with van der Waals surface area (Å²) in [5.41, 5.74) is 0. The van der Waals surface area contributed by atoms with Crippen LogP contribution in [-0.4, -0.2) is 53.4 Å². The minimum atomic E-state index is -3.27. The highest BCUT2D eigenvalue weighted by molar-refractivity contribution is 6.81. The van der Waals surface area contributed by atoms with Gasteiger partial charge in [-0.2, -0.15) is 0 Å². The van der Waals surface area contributed by atoms with Gasteiger partial charge in [0.05, 0.1) is 0 Å². The Bertz CT molecular complexity index is 358. The largest absolute Gasteiger partial charge is 0.671 e. The lowest BCUT2D eigenvalue weighted by atomic mass is 10.4. The minimum absolute atomic E-state index is 0.808. The van der Waals surface area contributed by atoms with E-state index in [0.717, 1.165) is 5.19 Å². The van der Waals surface area contributed by atoms with Gasteiger partial charge in [0.15, 0.2) is 0 Å². The lowest BCUT2D eigenvalue weighted by Gasteiger charge is -2.33. The van der Waals surface area contributed by atoms with Gasteiger partial charge in [-0.15, -0.1) is 0 Å². The van der Waals surface area contributed by atoms with Gasteiger partial charge in [-0.1, -0.05) is 30.3 Å². The molecule has 0 saturated carbocycles. The zero-order valence-corrected chi connectivity index (χ0v) is 13.8. The average Bonchev–Trinajstić information content (AvgIpc) is 2.51. The van der Waals surface area contributed by atoms with Gasteiger partial charge in [0.25, 0.3) is 0 Å². The molecule has 108 valence electrons. The second-order valence-electron chi connectivity index (χ2n) is 3.54. The van der Waals surface area contributed by atoms with Gasteiger partial charge < -0.3 is 26.2 Å². The van der Waals surface area contributed by atoms with Gasteiger partial charge >= 0.3 is 17.9 Å². The van der Waals surface area contributed by atoms with Gasteiger partial charge in [-0.3, -0.25) is 0 Å². The van der Waals surface area contributed by atoms with Crippen molar-refractivity contribution in [2.24, 2.45) is 0 Å². The van der Waals surface area contributed by atoms with Crippen LogP contribution >= 0.6 is 0 Å². The van der Waals surface area contributed by atoms with Crippen LogP contribution in [0.2, 0.25) is 0 Å². The van der Waals surface area contributed by atoms with Crippen LogP contribution in [0.4, 0.5) is 0 Å². The first kappa shape index (κ1) is 16.5. The standard InChI is InChI=1S/C11H20O6Si2/c1-12-18(13-2,11-9-7-6-8-10-11)17-19(14-3,15-4)16-5/h6-10H,1-5H3. The quantitative estimate of drug-likeness (QED) is 0.653. The van der Waals surface area contributed by atoms with Gasteiger partial charge in [0.1, 0.15) is 0 Å². The van der Waals surface area contributed by atoms with Crippen molar-refractivity contribution in [3.05, 3.63) is 30.3 Å². The summed E-state index contributed by atoms with van der Waals surface area (Å²) in [7, 11) is 1.07. The maximum atomic E-state index is 5.92. The van der Waals surface area contributed by atoms with E-state index in [1.54, 1.807) is 0 Å². The minimum Gasteiger partial charge on any atom is -0.374 e. The second kappa shape index (κ2) is 7.26. The van der Waals surface area contributed by atoms with Crippen molar-refractivity contribution < 1.29 is 26.2 Å². The third-order valence-electron chi connectivity index (χ3n) is 2.67. The fourth-order valence-electron chi connectivity index (χ4n) is 1.64. The van der Waals surface area contributed by atoms with Crippen LogP contribution in [0.5, 0.6) is 0 Å². The zero-order chi connectivity index (χ0) is 14.4. The van der Waals surface area contributed by atoms with E-state index in [2.05, 4.69) is 0 Å². The molecule has 0 radical (unpaired) electrons. The first-order valence-electron chi connectivity index (χ1n) is 5.63. The smallest absolute Gasteiger partial charge is 0.374 e. The predicted molar refractivity (Wildman–Crippen MR) is 73.7 cm³/mol. The molecule has 0 aliphatic heterocycles. The molecule has 1 aromatic rings. The van der Waals surface area contributed by atoms with Crippen LogP contribution in [-0.2, 0) is 26.2 Å². The molecule has 0 N–H and O–H groups in total. The Morgan fingerprint density at radius 2 is 1.16 bits per heavy atom. The molecule has 0 atom stereocenters. The summed E-state index contributed by atoms with van der Waals surface area (Å²) in [4.78, 5) is 0. The Kier molecular flexibility index (Phi) is 6.30. The Morgan fingerprint density at radius 1 is 0.684 bits per heavy atom. The third-order valence-corrected chi connectivity index (χ3v) is 8.36. The van der Waals surface area contributed by atoms with E-state index in [-0.39, 0.29) is 0 Å². The van der Waals surface area contributed by atoms with Crippen LogP contribution < -0.4 is 5.19 Å². The lowest BCUT2D eigenvalue weighted by molar-refractivity contribution is 0.0195. The maximum absolute atomic E-state index is 5.92. The van der Waals surface area contributed by atoms with Crippen LogP contribution in [0.1, 0.15) is 0 Å². The van der Waals surface area contributed by atoms with E-state index in [9.17, 15) is 0 Å². The second-order valence-corrected chi connectivity index (χ2v) is 9.09. The molecule has 0 spiro atoms. The highest BCUT2D eigenvalue weighted by atomic mass is 28.5. The summed E-state index contributed by atoms with van der Waals surface area (Å²) in [6, 6.07) is 9.42. The lowest BCUT2D eigenvalue weighted by Crippen LogP contribution is -2.64. The van der Waals surface area contributed by atoms with Crippen molar-refractivity contribution in [2.45, 2.75) is 0 Å². The molecule has 0 aromatic heterocycles. The normalized spacial score (nSPS) is 12.7. The Hall–Kier alpha value is -0.586. The summed E-state index contributed by atoms with van der Waals surface area (Å²) in [5.74, 6) is 0. The molecule has 8 heteroatoms. The average molecular weight is 304 g/mol. The van der Waals surface area contributed by atoms with Crippen LogP contribution in [0, 0.1) is 0 Å². The van der Waals surface area contributed by atoms with Crippen molar-refractivity contribution in [3.63, 3.8) is 0 Å². The van der Waals surface area contributed by atoms with E-state index in [1.165, 1.54) is 35.5 Å². The Labute approximate surface area is 116 Å². The number of hydrogen-bond donors (Lipinski definition) is 0. The van der Waals surface area contributed by atoms with Gasteiger partial charge in [-0.25, -0.2) is 0 Å². The molecule has 6 nitrogen and oxygen atoms in total. The summed E-state index contributed by atoms with van der Waals surface area (Å²) in [6.07, 6.45) is 0. The van der Waals surface area contributed by atoms with Crippen molar-refractivity contribution in [2.75, 3.05) is 35.5 Å². The zero-order valence-electron chi connectivity index (χ0n) is 11.8. The molecule has 1 aromatic carbocycles. The Morgan fingerprint density at radius 3 is 1.53 bits per heavy atom. The van der Waals surface area contributed by atoms with E-state index < -0.39 is 17.9 Å². The number of hydrogen-bond acceptors (Lipinski definition) is 6. The monoisotopic (exact) mass is 304 g/mol. The van der Waals surface area contributed by atoms with Crippen molar-refractivity contribution >= 4 is 23.0 Å². The molecule has 0 unspecified atom stereocenters. The van der Waals surface area contributed by atoms with Crippen LogP contribution in [0.15, 0.2) is 30.3 Å². The molecule has 0 bridgehead atoms.